The van der Waals surface area contributed by atoms with Crippen LogP contribution >= 0.6 is 0 Å². The van der Waals surface area contributed by atoms with Crippen LogP contribution in [0, 0.1) is 5.41 Å². The van der Waals surface area contributed by atoms with Crippen molar-refractivity contribution >= 4 is 23.7 Å². The summed E-state index contributed by atoms with van der Waals surface area (Å²) < 4.78 is 1.19. The van der Waals surface area contributed by atoms with Crippen molar-refractivity contribution in [1.29, 1.82) is 0 Å². The summed E-state index contributed by atoms with van der Waals surface area (Å²) >= 11 is 0. The first-order valence-electron chi connectivity index (χ1n) is 5.95. The minimum Gasteiger partial charge on any atom is -0.278 e. The normalized spacial score (nSPS) is 15.3. The molecule has 2 heterocycles. The predicted molar refractivity (Wildman–Crippen MR) is 67.2 cm³/mol. The average Bonchev–Trinajstić information content (AvgIpc) is 2.80. The number of carbonyl (C=O) groups is 3. The Balaban J connectivity index is 2.53. The summed E-state index contributed by atoms with van der Waals surface area (Å²) in [7, 11) is 1.46. The van der Waals surface area contributed by atoms with Crippen LogP contribution in [0.4, 0.5) is 10.6 Å². The van der Waals surface area contributed by atoms with Crippen molar-refractivity contribution in [1.82, 2.24) is 14.9 Å². The zero-order valence-corrected chi connectivity index (χ0v) is 11.3. The van der Waals surface area contributed by atoms with Gasteiger partial charge < -0.3 is 0 Å². The highest BCUT2D eigenvalue weighted by Crippen LogP contribution is 2.27. The van der Waals surface area contributed by atoms with Crippen molar-refractivity contribution in [3.05, 3.63) is 12.0 Å². The number of nitrogens with zero attached hydrogens (tertiary/aromatic N) is 4. The number of aromatic nitrogens is 2. The molecule has 0 fully saturated rings. The standard InChI is InChI=1S/C12H15N4O3/c1-5-12(2,3)10(18)16-6-13-8-7(16)9(17)14-11(19)15(8)4/h6H,5H2,1-4H3. The molecule has 0 saturated heterocycles. The minimum absolute atomic E-state index is 0.0497. The number of anilines is 1. The lowest BCUT2D eigenvalue weighted by molar-refractivity contribution is 0.0724. The Morgan fingerprint density at radius 1 is 1.37 bits per heavy atom. The van der Waals surface area contributed by atoms with Gasteiger partial charge in [-0.2, -0.15) is 5.32 Å². The van der Waals surface area contributed by atoms with Crippen molar-refractivity contribution in [3.8, 4) is 0 Å². The zero-order chi connectivity index (χ0) is 14.4. The lowest BCUT2D eigenvalue weighted by Gasteiger charge is -2.24. The van der Waals surface area contributed by atoms with Crippen LogP contribution in [-0.4, -0.2) is 34.4 Å². The molecular weight excluding hydrogens is 248 g/mol. The van der Waals surface area contributed by atoms with E-state index in [-0.39, 0.29) is 17.4 Å². The van der Waals surface area contributed by atoms with E-state index in [2.05, 4.69) is 10.3 Å². The Morgan fingerprint density at radius 2 is 2.00 bits per heavy atom. The molecule has 1 aromatic rings. The van der Waals surface area contributed by atoms with Crippen LogP contribution in [0.1, 0.15) is 42.5 Å². The number of hydrogen-bond donors (Lipinski definition) is 0. The van der Waals surface area contributed by atoms with Gasteiger partial charge in [0, 0.05) is 12.5 Å². The van der Waals surface area contributed by atoms with Crippen molar-refractivity contribution in [3.63, 3.8) is 0 Å². The van der Waals surface area contributed by atoms with Gasteiger partial charge >= 0.3 is 11.9 Å². The Kier molecular flexibility index (Phi) is 2.92. The maximum atomic E-state index is 12.4. The summed E-state index contributed by atoms with van der Waals surface area (Å²) in [5, 5.41) is 3.36. The Bertz CT molecular complexity index is 574. The van der Waals surface area contributed by atoms with E-state index in [9.17, 15) is 14.4 Å². The van der Waals surface area contributed by atoms with E-state index in [1.54, 1.807) is 13.8 Å². The van der Waals surface area contributed by atoms with E-state index >= 15 is 0 Å². The molecule has 3 amide bonds. The number of fused-ring (bicyclic) bond motifs is 1. The van der Waals surface area contributed by atoms with E-state index in [4.69, 9.17) is 0 Å². The van der Waals surface area contributed by atoms with Gasteiger partial charge in [0.1, 0.15) is 6.33 Å². The summed E-state index contributed by atoms with van der Waals surface area (Å²) in [5.74, 6) is -0.795. The molecule has 7 heteroatoms. The molecule has 1 aromatic heterocycles. The van der Waals surface area contributed by atoms with Crippen LogP contribution in [-0.2, 0) is 0 Å². The van der Waals surface area contributed by atoms with Crippen LogP contribution in [0.2, 0.25) is 0 Å². The largest absolute Gasteiger partial charge is 0.352 e. The third-order valence-corrected chi connectivity index (χ3v) is 3.43. The summed E-state index contributed by atoms with van der Waals surface area (Å²) in [6.45, 7) is 5.48. The van der Waals surface area contributed by atoms with Crippen molar-refractivity contribution in [2.24, 2.45) is 5.41 Å². The van der Waals surface area contributed by atoms with Gasteiger partial charge in [-0.25, -0.2) is 9.78 Å². The molecule has 101 valence electrons. The van der Waals surface area contributed by atoms with Gasteiger partial charge in [-0.1, -0.05) is 20.8 Å². The van der Waals surface area contributed by atoms with Crippen LogP contribution in [0.25, 0.3) is 0 Å². The van der Waals surface area contributed by atoms with E-state index in [1.807, 2.05) is 6.92 Å². The number of hydrogen-bond acceptors (Lipinski definition) is 4. The average molecular weight is 263 g/mol. The molecule has 0 aromatic carbocycles. The molecule has 0 unspecified atom stereocenters. The Morgan fingerprint density at radius 3 is 2.58 bits per heavy atom. The summed E-state index contributed by atoms with van der Waals surface area (Å²) in [6.07, 6.45) is 1.89. The first-order chi connectivity index (χ1) is 8.79. The summed E-state index contributed by atoms with van der Waals surface area (Å²) in [5.41, 5.74) is -0.567. The third kappa shape index (κ3) is 1.91. The Hall–Kier alpha value is -2.18. The minimum atomic E-state index is -0.726. The highest BCUT2D eigenvalue weighted by Gasteiger charge is 2.37. The molecule has 1 aliphatic heterocycles. The number of imidazole rings is 1. The molecule has 19 heavy (non-hydrogen) atoms. The van der Waals surface area contributed by atoms with Gasteiger partial charge in [0.2, 0.25) is 5.91 Å². The quantitative estimate of drug-likeness (QED) is 0.804. The number of urea groups is 1. The van der Waals surface area contributed by atoms with Crippen LogP contribution < -0.4 is 10.2 Å². The summed E-state index contributed by atoms with van der Waals surface area (Å²) in [4.78, 5) is 40.7. The fourth-order valence-electron chi connectivity index (χ4n) is 1.72. The lowest BCUT2D eigenvalue weighted by atomic mass is 9.89. The van der Waals surface area contributed by atoms with Crippen molar-refractivity contribution in [2.75, 3.05) is 11.9 Å². The van der Waals surface area contributed by atoms with Gasteiger partial charge in [-0.3, -0.25) is 19.1 Å². The highest BCUT2D eigenvalue weighted by atomic mass is 16.2. The molecule has 2 rings (SSSR count). The first-order valence-corrected chi connectivity index (χ1v) is 5.95. The highest BCUT2D eigenvalue weighted by molar-refractivity contribution is 6.16. The molecule has 7 nitrogen and oxygen atoms in total. The monoisotopic (exact) mass is 263 g/mol. The molecule has 0 spiro atoms. The Labute approximate surface area is 110 Å². The predicted octanol–water partition coefficient (Wildman–Crippen LogP) is 1.27. The second-order valence-corrected chi connectivity index (χ2v) is 5.09. The van der Waals surface area contributed by atoms with Crippen LogP contribution in [0.5, 0.6) is 0 Å². The molecule has 1 radical (unpaired) electrons. The molecule has 1 aliphatic rings. The lowest BCUT2D eigenvalue weighted by Crippen LogP contribution is -2.43. The number of amides is 3. The second-order valence-electron chi connectivity index (χ2n) is 5.09. The van der Waals surface area contributed by atoms with Gasteiger partial charge in [0.05, 0.1) is 0 Å². The number of imide groups is 1. The molecule has 0 saturated carbocycles. The van der Waals surface area contributed by atoms with Crippen LogP contribution in [0.3, 0.4) is 0 Å². The third-order valence-electron chi connectivity index (χ3n) is 3.43. The van der Waals surface area contributed by atoms with E-state index in [0.29, 0.717) is 6.42 Å². The molecular formula is C12H15N4O3. The maximum Gasteiger partial charge on any atom is 0.352 e. The van der Waals surface area contributed by atoms with Gasteiger partial charge in [0.15, 0.2) is 11.5 Å². The van der Waals surface area contributed by atoms with Crippen LogP contribution in [0.15, 0.2) is 6.33 Å². The molecule has 0 bridgehead atoms. The second kappa shape index (κ2) is 4.18. The van der Waals surface area contributed by atoms with Gasteiger partial charge in [0.25, 0.3) is 0 Å². The number of carbonyl (C=O) groups excluding carboxylic acids is 3. The number of rotatable bonds is 2. The first kappa shape index (κ1) is 13.3. The van der Waals surface area contributed by atoms with Gasteiger partial charge in [-0.15, -0.1) is 0 Å². The molecule has 0 aliphatic carbocycles. The maximum absolute atomic E-state index is 12.4. The van der Waals surface area contributed by atoms with Gasteiger partial charge in [-0.05, 0) is 6.42 Å². The fraction of sp³-hybridized carbons (Fsp3) is 0.500. The molecule has 0 N–H and O–H groups in total. The SMILES string of the molecule is CCC(C)(C)C(=O)n1cnc2c1C(=O)[N]C(=O)N2C. The fourth-order valence-corrected chi connectivity index (χ4v) is 1.72. The van der Waals surface area contributed by atoms with E-state index in [0.717, 1.165) is 4.90 Å². The van der Waals surface area contributed by atoms with Crippen molar-refractivity contribution in [2.45, 2.75) is 27.2 Å². The smallest absolute Gasteiger partial charge is 0.278 e. The van der Waals surface area contributed by atoms with E-state index < -0.39 is 17.4 Å². The molecule has 0 atom stereocenters. The van der Waals surface area contributed by atoms with Crippen molar-refractivity contribution < 1.29 is 14.4 Å². The summed E-state index contributed by atoms with van der Waals surface area (Å²) in [6, 6.07) is -0.676. The van der Waals surface area contributed by atoms with E-state index in [1.165, 1.54) is 17.9 Å². The topological polar surface area (TPSA) is 86.4 Å². The zero-order valence-electron chi connectivity index (χ0n) is 11.3.